The number of hydrogen-bond acceptors (Lipinski definition) is 2. The van der Waals surface area contributed by atoms with E-state index in [1.165, 1.54) is 38.5 Å². The van der Waals surface area contributed by atoms with Gasteiger partial charge >= 0.3 is 0 Å². The third-order valence-electron chi connectivity index (χ3n) is 5.60. The van der Waals surface area contributed by atoms with Crippen LogP contribution in [0, 0.1) is 5.41 Å². The van der Waals surface area contributed by atoms with Crippen LogP contribution in [0.3, 0.4) is 0 Å². The molecule has 0 radical (unpaired) electrons. The van der Waals surface area contributed by atoms with Gasteiger partial charge in [0.2, 0.25) is 0 Å². The van der Waals surface area contributed by atoms with Crippen molar-refractivity contribution in [2.45, 2.75) is 69.7 Å². The van der Waals surface area contributed by atoms with E-state index in [0.717, 1.165) is 5.25 Å². The lowest BCUT2D eigenvalue weighted by atomic mass is 9.70. The van der Waals surface area contributed by atoms with E-state index >= 15 is 0 Å². The van der Waals surface area contributed by atoms with Gasteiger partial charge in [-0.1, -0.05) is 38.1 Å². The molecule has 0 bridgehead atoms. The van der Waals surface area contributed by atoms with E-state index in [0.29, 0.717) is 17.5 Å². The maximum atomic E-state index is 4.04. The molecule has 2 aliphatic carbocycles. The predicted octanol–water partition coefficient (Wildman–Crippen LogP) is 4.96. The Morgan fingerprint density at radius 1 is 1.10 bits per heavy atom. The first-order valence-corrected chi connectivity index (χ1v) is 9.75. The first-order chi connectivity index (χ1) is 10.1. The second-order valence-corrected chi connectivity index (χ2v) is 8.63. The zero-order valence-corrected chi connectivity index (χ0v) is 14.5. The minimum Gasteiger partial charge on any atom is -0.307 e. The van der Waals surface area contributed by atoms with Crippen molar-refractivity contribution in [2.24, 2.45) is 5.41 Å². The van der Waals surface area contributed by atoms with E-state index in [4.69, 9.17) is 0 Å². The molecule has 1 saturated carbocycles. The molecule has 116 valence electrons. The van der Waals surface area contributed by atoms with E-state index < -0.39 is 0 Å². The highest BCUT2D eigenvalue weighted by atomic mass is 32.2. The van der Waals surface area contributed by atoms with Crippen molar-refractivity contribution in [3.63, 3.8) is 0 Å². The molecule has 0 aliphatic heterocycles. The topological polar surface area (TPSA) is 12.0 Å². The van der Waals surface area contributed by atoms with Crippen molar-refractivity contribution in [2.75, 3.05) is 6.26 Å². The van der Waals surface area contributed by atoms with Crippen LogP contribution in [0.4, 0.5) is 0 Å². The molecule has 1 aromatic rings. The summed E-state index contributed by atoms with van der Waals surface area (Å²) in [6, 6.07) is 10.3. The summed E-state index contributed by atoms with van der Waals surface area (Å²) in [5.74, 6) is 0. The summed E-state index contributed by atoms with van der Waals surface area (Å²) in [7, 11) is 0. The van der Waals surface area contributed by atoms with Crippen molar-refractivity contribution < 1.29 is 0 Å². The van der Waals surface area contributed by atoms with Crippen LogP contribution in [-0.2, 0) is 6.42 Å². The van der Waals surface area contributed by atoms with E-state index in [9.17, 15) is 0 Å². The van der Waals surface area contributed by atoms with E-state index in [1.54, 1.807) is 11.1 Å². The Labute approximate surface area is 134 Å². The SMILES string of the molecule is CSC1CCC(NC2c3ccccc3CCC2(C)C)CC1. The van der Waals surface area contributed by atoms with Crippen molar-refractivity contribution in [1.29, 1.82) is 0 Å². The summed E-state index contributed by atoms with van der Waals surface area (Å²) in [6.45, 7) is 4.88. The molecule has 21 heavy (non-hydrogen) atoms. The van der Waals surface area contributed by atoms with Gasteiger partial charge in [-0.15, -0.1) is 0 Å². The Bertz CT molecular complexity index is 474. The molecule has 0 spiro atoms. The lowest BCUT2D eigenvalue weighted by Crippen LogP contribution is -2.44. The lowest BCUT2D eigenvalue weighted by molar-refractivity contribution is 0.181. The maximum Gasteiger partial charge on any atom is 0.0376 e. The third-order valence-corrected chi connectivity index (χ3v) is 6.73. The van der Waals surface area contributed by atoms with Crippen molar-refractivity contribution in [3.05, 3.63) is 35.4 Å². The molecule has 1 fully saturated rings. The minimum absolute atomic E-state index is 0.366. The number of fused-ring (bicyclic) bond motifs is 1. The molecule has 1 atom stereocenters. The number of aryl methyl sites for hydroxylation is 1. The van der Waals surface area contributed by atoms with Crippen molar-refractivity contribution in [3.8, 4) is 0 Å². The molecule has 1 N–H and O–H groups in total. The van der Waals surface area contributed by atoms with Crippen LogP contribution in [0.25, 0.3) is 0 Å². The summed E-state index contributed by atoms with van der Waals surface area (Å²) in [5.41, 5.74) is 3.48. The van der Waals surface area contributed by atoms with Crippen LogP contribution >= 0.6 is 11.8 Å². The zero-order chi connectivity index (χ0) is 14.9. The first kappa shape index (κ1) is 15.4. The molecule has 1 nitrogen and oxygen atoms in total. The van der Waals surface area contributed by atoms with Crippen molar-refractivity contribution in [1.82, 2.24) is 5.32 Å². The Morgan fingerprint density at radius 2 is 1.81 bits per heavy atom. The van der Waals surface area contributed by atoms with Gasteiger partial charge < -0.3 is 5.32 Å². The van der Waals surface area contributed by atoms with Crippen LogP contribution in [-0.4, -0.2) is 17.5 Å². The molecular weight excluding hydrogens is 274 g/mol. The summed E-state index contributed by atoms with van der Waals surface area (Å²) in [6.07, 6.45) is 10.3. The fourth-order valence-electron chi connectivity index (χ4n) is 4.08. The standard InChI is InChI=1S/C19H29NS/c1-19(2)13-12-14-6-4-5-7-17(14)18(19)20-15-8-10-16(21-3)11-9-15/h4-7,15-16,18,20H,8-13H2,1-3H3. The molecule has 2 aliphatic rings. The van der Waals surface area contributed by atoms with E-state index in [1.807, 2.05) is 0 Å². The van der Waals surface area contributed by atoms with Gasteiger partial charge in [0.25, 0.3) is 0 Å². The highest BCUT2D eigenvalue weighted by Gasteiger charge is 2.37. The predicted molar refractivity (Wildman–Crippen MR) is 94.0 cm³/mol. The van der Waals surface area contributed by atoms with Gasteiger partial charge in [0.1, 0.15) is 0 Å². The van der Waals surface area contributed by atoms with Gasteiger partial charge in [-0.25, -0.2) is 0 Å². The highest BCUT2D eigenvalue weighted by molar-refractivity contribution is 7.99. The monoisotopic (exact) mass is 303 g/mol. The van der Waals surface area contributed by atoms with Crippen LogP contribution in [0.15, 0.2) is 24.3 Å². The molecule has 2 heteroatoms. The normalized spacial score (nSPS) is 31.7. The smallest absolute Gasteiger partial charge is 0.0376 e. The van der Waals surface area contributed by atoms with Gasteiger partial charge in [0, 0.05) is 17.3 Å². The van der Waals surface area contributed by atoms with Gasteiger partial charge in [-0.2, -0.15) is 11.8 Å². The number of thioether (sulfide) groups is 1. The van der Waals surface area contributed by atoms with Gasteiger partial charge in [0.15, 0.2) is 0 Å². The van der Waals surface area contributed by atoms with E-state index in [-0.39, 0.29) is 0 Å². The molecule has 0 aromatic heterocycles. The molecule has 0 amide bonds. The molecule has 1 aromatic carbocycles. The second-order valence-electron chi connectivity index (χ2n) is 7.50. The Kier molecular flexibility index (Phi) is 4.66. The fraction of sp³-hybridized carbons (Fsp3) is 0.684. The Morgan fingerprint density at radius 3 is 2.52 bits per heavy atom. The van der Waals surface area contributed by atoms with Crippen LogP contribution < -0.4 is 5.32 Å². The number of rotatable bonds is 3. The highest BCUT2D eigenvalue weighted by Crippen LogP contribution is 2.44. The molecule has 1 unspecified atom stereocenters. The fourth-order valence-corrected chi connectivity index (χ4v) is 4.83. The Hall–Kier alpha value is -0.470. The number of benzene rings is 1. The van der Waals surface area contributed by atoms with E-state index in [2.05, 4.69) is 61.4 Å². The van der Waals surface area contributed by atoms with Crippen LogP contribution in [0.2, 0.25) is 0 Å². The maximum absolute atomic E-state index is 4.04. The second kappa shape index (κ2) is 6.34. The summed E-state index contributed by atoms with van der Waals surface area (Å²) in [4.78, 5) is 0. The summed E-state index contributed by atoms with van der Waals surface area (Å²) in [5, 5.41) is 4.94. The van der Waals surface area contributed by atoms with Gasteiger partial charge in [-0.05, 0) is 61.3 Å². The lowest BCUT2D eigenvalue weighted by Gasteiger charge is -2.43. The third kappa shape index (κ3) is 3.32. The van der Waals surface area contributed by atoms with Gasteiger partial charge in [-0.3, -0.25) is 0 Å². The van der Waals surface area contributed by atoms with Crippen LogP contribution in [0.1, 0.15) is 63.1 Å². The quantitative estimate of drug-likeness (QED) is 0.846. The molecule has 3 rings (SSSR count). The zero-order valence-electron chi connectivity index (χ0n) is 13.7. The first-order valence-electron chi connectivity index (χ1n) is 8.47. The average molecular weight is 304 g/mol. The van der Waals surface area contributed by atoms with Crippen LogP contribution in [0.5, 0.6) is 0 Å². The molecule has 0 saturated heterocycles. The minimum atomic E-state index is 0.366. The summed E-state index contributed by atoms with van der Waals surface area (Å²) >= 11 is 2.05. The largest absolute Gasteiger partial charge is 0.307 e. The number of nitrogens with one attached hydrogen (secondary N) is 1. The molecule has 0 heterocycles. The molecular formula is C19H29NS. The van der Waals surface area contributed by atoms with Gasteiger partial charge in [0.05, 0.1) is 0 Å². The summed E-state index contributed by atoms with van der Waals surface area (Å²) < 4.78 is 0. The average Bonchev–Trinajstić information content (AvgIpc) is 2.51. The number of hydrogen-bond donors (Lipinski definition) is 1. The van der Waals surface area contributed by atoms with Crippen molar-refractivity contribution >= 4 is 11.8 Å². The Balaban J connectivity index is 1.74.